The number of aromatic nitrogens is 2. The van der Waals surface area contributed by atoms with Gasteiger partial charge in [0.05, 0.1) is 34.8 Å². The first-order valence-corrected chi connectivity index (χ1v) is 32.4. The number of hydrogen-bond acceptors (Lipinski definition) is 18. The smallest absolute Gasteiger partial charge is 0.387 e. The largest absolute Gasteiger partial charge is 0.870 e. The molecule has 16 nitrogen and oxygen atoms in total. The third-order valence-corrected chi connectivity index (χ3v) is 19.0. The van der Waals surface area contributed by atoms with Crippen molar-refractivity contribution in [3.05, 3.63) is 148 Å². The zero-order valence-corrected chi connectivity index (χ0v) is 52.6. The van der Waals surface area contributed by atoms with Crippen LogP contribution in [0.3, 0.4) is 0 Å². The van der Waals surface area contributed by atoms with Gasteiger partial charge in [-0.3, -0.25) is 19.8 Å². The van der Waals surface area contributed by atoms with Crippen LogP contribution in [0.1, 0.15) is 79.5 Å². The minimum Gasteiger partial charge on any atom is -0.870 e. The Balaban J connectivity index is 0.000000236. The minimum absolute atomic E-state index is 0. The average molecular weight is 1400 g/mol. The number of rotatable bonds is 25. The highest BCUT2D eigenvalue weighted by Crippen LogP contribution is 2.41. The second-order valence-corrected chi connectivity index (χ2v) is 25.5. The van der Waals surface area contributed by atoms with Crippen LogP contribution >= 0.6 is 109 Å². The summed E-state index contributed by atoms with van der Waals surface area (Å²) in [4.78, 5) is 58.9. The van der Waals surface area contributed by atoms with Crippen LogP contribution in [-0.2, 0) is 31.9 Å². The number of benzene rings is 2. The summed E-state index contributed by atoms with van der Waals surface area (Å²) in [7, 11) is 0. The van der Waals surface area contributed by atoms with E-state index in [0.29, 0.717) is 96.4 Å². The number of esters is 2. The zero-order chi connectivity index (χ0) is 59.0. The SMILES string of the molecule is O=C(CBr)c1cccs1.O=C(CN1CCSC1C(=O)O[C@@H](Cc1c(Cl)c[nH+]cc1Cl)c1ccc(OC(F)F)c(OCC2CC2)c1)c1cccs1.O=C(O[C@@H](Cc1c(Cl)c[nH+]cc1Cl)c1ccc(OC(F)F)c(OCC2CC2)c1)C1NCCS1.[OH-].[OH-]. The predicted molar refractivity (Wildman–Crippen MR) is 321 cm³/mol. The van der Waals surface area contributed by atoms with Crippen molar-refractivity contribution in [2.24, 2.45) is 11.8 Å². The quantitative estimate of drug-likeness (QED) is 0.0243. The lowest BCUT2D eigenvalue weighted by Gasteiger charge is -2.25. The molecule has 4 aliphatic rings. The fraction of sp³-hybridized carbons (Fsp3) is 0.393. The maximum Gasteiger partial charge on any atom is 0.387 e. The van der Waals surface area contributed by atoms with E-state index < -0.39 is 48.1 Å². The lowest BCUT2D eigenvalue weighted by molar-refractivity contribution is -0.378. The number of thiophene rings is 2. The van der Waals surface area contributed by atoms with Crippen LogP contribution in [-0.4, -0.2) is 113 Å². The van der Waals surface area contributed by atoms with Crippen molar-refractivity contribution in [2.45, 2.75) is 74.7 Å². The molecule has 6 heterocycles. The Hall–Kier alpha value is -4.48. The average Bonchev–Trinajstić information content (AvgIpc) is 3.94. The maximum atomic E-state index is 13.6. The molecule has 460 valence electrons. The first-order valence-electron chi connectivity index (χ1n) is 25.9. The summed E-state index contributed by atoms with van der Waals surface area (Å²) in [6.45, 7) is -3.90. The summed E-state index contributed by atoms with van der Waals surface area (Å²) < 4.78 is 84.9. The second kappa shape index (κ2) is 34.3. The molecule has 10 rings (SSSR count). The van der Waals surface area contributed by atoms with E-state index in [9.17, 15) is 36.7 Å². The number of ether oxygens (including phenoxy) is 6. The standard InChI is InChI=1S/C28H26Cl2F2N2O5S2.C22H22Cl2F2N2O4S.C6H5BrOS.2H2O/c29-19-12-33-13-20(30)18(19)11-23(17-5-6-22(39-28(31)32)24(10-17)37-15-16-3-4-16)38-27(36)26-34(7-9-41-26)14-21(35)25-2-1-8-40-25;23-15-9-27-10-16(24)14(15)8-18(31-21(29)20-28-5-6-33-20)13-3-4-17(32-22(25)26)19(7-13)30-11-12-1-2-12;7-4-5(8)6-2-1-3-9-6;;/h1-2,5-6,8,10,12-13,16,23,26,28H,3-4,7,9,11,14-15H2;3-4,7,9-10,12,18,20,22,28H,1-2,5-6,8,11H2;1-3H,4H2;2*1H2/t23-,26?;18-,20?;;;/m00.../s1. The molecule has 6 aromatic rings. The number of H-pyrrole nitrogens is 2. The Bertz CT molecular complexity index is 3100. The van der Waals surface area contributed by atoms with Crippen molar-refractivity contribution >= 4 is 132 Å². The number of Topliss-reactive ketones (excluding diaryl/α,β-unsaturated/α-hetero) is 2. The molecule has 0 amide bonds. The fourth-order valence-electron chi connectivity index (χ4n) is 8.28. The van der Waals surface area contributed by atoms with Gasteiger partial charge in [-0.15, -0.1) is 46.2 Å². The van der Waals surface area contributed by atoms with Gasteiger partial charge in [-0.05, 0) is 95.8 Å². The number of thioether (sulfide) groups is 2. The van der Waals surface area contributed by atoms with Crippen molar-refractivity contribution in [3.8, 4) is 23.0 Å². The Kier molecular flexibility index (Phi) is 28.1. The molecule has 0 radical (unpaired) electrons. The monoisotopic (exact) mass is 1400 g/mol. The van der Waals surface area contributed by atoms with Gasteiger partial charge in [-0.25, -0.2) is 19.6 Å². The molecule has 85 heavy (non-hydrogen) atoms. The normalized spacial score (nSPS) is 17.0. The van der Waals surface area contributed by atoms with Crippen molar-refractivity contribution < 1.29 is 86.1 Å². The molecule has 2 saturated heterocycles. The van der Waals surface area contributed by atoms with Crippen LogP contribution in [0.15, 0.2) is 96.2 Å². The number of carbonyl (C=O) groups excluding carboxylic acids is 4. The van der Waals surface area contributed by atoms with E-state index in [0.717, 1.165) is 36.3 Å². The summed E-state index contributed by atoms with van der Waals surface area (Å²) in [5.41, 5.74) is 2.19. The van der Waals surface area contributed by atoms with E-state index in [2.05, 4.69) is 40.7 Å². The van der Waals surface area contributed by atoms with Gasteiger partial charge in [-0.2, -0.15) is 17.6 Å². The summed E-state index contributed by atoms with van der Waals surface area (Å²) in [5, 5.41) is 7.54. The number of pyridine rings is 2. The van der Waals surface area contributed by atoms with Gasteiger partial charge in [0, 0.05) is 48.6 Å². The lowest BCUT2D eigenvalue weighted by atomic mass is 10.0. The van der Waals surface area contributed by atoms with Gasteiger partial charge < -0.3 is 39.4 Å². The predicted octanol–water partition coefficient (Wildman–Crippen LogP) is 13.0. The number of nitrogens with one attached hydrogen (secondary N) is 3. The molecule has 2 saturated carbocycles. The second-order valence-electron chi connectivity index (χ2n) is 19.0. The first-order chi connectivity index (χ1) is 40.0. The molecule has 0 bridgehead atoms. The van der Waals surface area contributed by atoms with Gasteiger partial charge >= 0.3 is 25.2 Å². The molecule has 4 atom stereocenters. The number of alkyl halides is 5. The van der Waals surface area contributed by atoms with E-state index >= 15 is 0 Å². The van der Waals surface area contributed by atoms with Crippen molar-refractivity contribution in [1.29, 1.82) is 0 Å². The Labute approximate surface area is 532 Å². The van der Waals surface area contributed by atoms with Crippen LogP contribution in [0.25, 0.3) is 0 Å². The van der Waals surface area contributed by atoms with E-state index in [-0.39, 0.29) is 64.9 Å². The maximum absolute atomic E-state index is 13.6. The number of aromatic amines is 2. The van der Waals surface area contributed by atoms with Crippen LogP contribution in [0.4, 0.5) is 17.6 Å². The molecule has 4 fully saturated rings. The third kappa shape index (κ3) is 21.1. The number of carbonyl (C=O) groups is 4. The molecule has 2 aliphatic heterocycles. The van der Waals surface area contributed by atoms with Gasteiger partial charge in [0.2, 0.25) is 0 Å². The molecular formula is C56H57BrCl4F4N4O12S4. The summed E-state index contributed by atoms with van der Waals surface area (Å²) >= 11 is 34.3. The molecular weight excluding hydrogens is 1350 g/mol. The summed E-state index contributed by atoms with van der Waals surface area (Å²) in [5.74, 6) is 1.50. The van der Waals surface area contributed by atoms with E-state index in [1.807, 2.05) is 29.0 Å². The van der Waals surface area contributed by atoms with Crippen LogP contribution < -0.4 is 34.2 Å². The van der Waals surface area contributed by atoms with E-state index in [1.165, 1.54) is 58.3 Å². The third-order valence-electron chi connectivity index (χ3n) is 12.9. The molecule has 29 heteroatoms. The fourth-order valence-corrected chi connectivity index (χ4v) is 13.2. The lowest BCUT2D eigenvalue weighted by Crippen LogP contribution is -2.39. The highest BCUT2D eigenvalue weighted by atomic mass is 79.9. The van der Waals surface area contributed by atoms with Gasteiger partial charge in [0.1, 0.15) is 32.3 Å². The van der Waals surface area contributed by atoms with Gasteiger partial charge in [0.15, 0.2) is 70.1 Å². The molecule has 5 N–H and O–H groups in total. The Morgan fingerprint density at radius 2 is 1.11 bits per heavy atom. The highest BCUT2D eigenvalue weighted by Gasteiger charge is 2.37. The Morgan fingerprint density at radius 3 is 1.52 bits per heavy atom. The zero-order valence-electron chi connectivity index (χ0n) is 44.7. The van der Waals surface area contributed by atoms with E-state index in [1.54, 1.807) is 60.0 Å². The molecule has 2 aliphatic carbocycles. The van der Waals surface area contributed by atoms with Crippen LogP contribution in [0.2, 0.25) is 20.1 Å². The molecule has 2 aromatic carbocycles. The Morgan fingerprint density at radius 1 is 0.635 bits per heavy atom. The van der Waals surface area contributed by atoms with Crippen LogP contribution in [0, 0.1) is 11.8 Å². The number of nitrogens with zero attached hydrogens (tertiary/aromatic N) is 1. The molecule has 4 aromatic heterocycles. The minimum atomic E-state index is -3.03. The topological polar surface area (TPSA) is 227 Å². The number of halogens is 9. The summed E-state index contributed by atoms with van der Waals surface area (Å²) in [6, 6.07) is 16.3. The molecule has 2 unspecified atom stereocenters. The number of ketones is 2. The van der Waals surface area contributed by atoms with Crippen molar-refractivity contribution in [3.63, 3.8) is 0 Å². The van der Waals surface area contributed by atoms with Crippen molar-refractivity contribution in [1.82, 2.24) is 10.2 Å². The van der Waals surface area contributed by atoms with Gasteiger partial charge in [0.25, 0.3) is 0 Å². The summed E-state index contributed by atoms with van der Waals surface area (Å²) in [6.07, 6.45) is 9.04. The van der Waals surface area contributed by atoms with E-state index in [4.69, 9.17) is 65.4 Å². The van der Waals surface area contributed by atoms with Gasteiger partial charge in [-0.1, -0.05) is 86.6 Å². The van der Waals surface area contributed by atoms with Crippen molar-refractivity contribution in [2.75, 3.05) is 49.7 Å². The highest BCUT2D eigenvalue weighted by molar-refractivity contribution is 9.09. The number of hydrogen-bond donors (Lipinski definition) is 1. The first kappa shape index (κ1) is 69.6. The molecule has 0 spiro atoms. The van der Waals surface area contributed by atoms with Crippen LogP contribution in [0.5, 0.6) is 23.0 Å².